The van der Waals surface area contributed by atoms with Crippen LogP contribution in [0, 0.1) is 0 Å². The number of hydrogen-bond donors (Lipinski definition) is 2. The quantitative estimate of drug-likeness (QED) is 0.719. The third-order valence-corrected chi connectivity index (χ3v) is 3.16. The zero-order valence-electron chi connectivity index (χ0n) is 12.1. The van der Waals surface area contributed by atoms with Gasteiger partial charge in [-0.1, -0.05) is 42.5 Å². The molecular weight excluding hydrogens is 246 g/mol. The number of nitrogens with zero attached hydrogens (tertiary/aromatic N) is 1. The van der Waals surface area contributed by atoms with Crippen molar-refractivity contribution >= 4 is 16.6 Å². The maximum Gasteiger partial charge on any atom is 0.148 e. The van der Waals surface area contributed by atoms with E-state index in [0.29, 0.717) is 0 Å². The van der Waals surface area contributed by atoms with Crippen molar-refractivity contribution in [2.24, 2.45) is 0 Å². The standard InChI is InChI=1S/C17H19N3/c1-17(2,3)18-16-11-15(19-20-16)14-10-6-8-12-7-4-5-9-13(12)14/h4-11H,1-3H3,(H2,18,19,20). The third kappa shape index (κ3) is 2.52. The first-order valence-electron chi connectivity index (χ1n) is 6.85. The van der Waals surface area contributed by atoms with Crippen LogP contribution in [0.2, 0.25) is 0 Å². The summed E-state index contributed by atoms with van der Waals surface area (Å²) < 4.78 is 0. The van der Waals surface area contributed by atoms with E-state index in [1.54, 1.807) is 0 Å². The fraction of sp³-hybridized carbons (Fsp3) is 0.235. The van der Waals surface area contributed by atoms with E-state index in [-0.39, 0.29) is 5.54 Å². The number of anilines is 1. The zero-order chi connectivity index (χ0) is 14.2. The number of aromatic amines is 1. The average Bonchev–Trinajstić information content (AvgIpc) is 2.84. The molecule has 20 heavy (non-hydrogen) atoms. The van der Waals surface area contributed by atoms with Gasteiger partial charge >= 0.3 is 0 Å². The Morgan fingerprint density at radius 2 is 1.75 bits per heavy atom. The first-order chi connectivity index (χ1) is 9.53. The smallest absolute Gasteiger partial charge is 0.148 e. The molecule has 3 aromatic rings. The van der Waals surface area contributed by atoms with Crippen LogP contribution in [0.1, 0.15) is 20.8 Å². The second-order valence-corrected chi connectivity index (χ2v) is 6.07. The summed E-state index contributed by atoms with van der Waals surface area (Å²) in [5, 5.41) is 13.3. The Balaban J connectivity index is 2.04. The van der Waals surface area contributed by atoms with Gasteiger partial charge in [0.1, 0.15) is 5.82 Å². The van der Waals surface area contributed by atoms with E-state index in [1.807, 2.05) is 0 Å². The molecule has 2 N–H and O–H groups in total. The van der Waals surface area contributed by atoms with Crippen LogP contribution in [0.25, 0.3) is 22.0 Å². The van der Waals surface area contributed by atoms with Crippen LogP contribution >= 0.6 is 0 Å². The number of nitrogens with one attached hydrogen (secondary N) is 2. The van der Waals surface area contributed by atoms with Gasteiger partial charge in [-0.05, 0) is 31.5 Å². The van der Waals surface area contributed by atoms with E-state index < -0.39 is 0 Å². The second-order valence-electron chi connectivity index (χ2n) is 6.07. The zero-order valence-corrected chi connectivity index (χ0v) is 12.1. The molecule has 3 nitrogen and oxygen atoms in total. The van der Waals surface area contributed by atoms with Crippen molar-refractivity contribution in [2.45, 2.75) is 26.3 Å². The van der Waals surface area contributed by atoms with Gasteiger partial charge in [-0.2, -0.15) is 5.10 Å². The lowest BCUT2D eigenvalue weighted by molar-refractivity contribution is 0.630. The van der Waals surface area contributed by atoms with Gasteiger partial charge in [0, 0.05) is 17.2 Å². The van der Waals surface area contributed by atoms with E-state index in [2.05, 4.69) is 84.8 Å². The van der Waals surface area contributed by atoms with Crippen LogP contribution in [-0.4, -0.2) is 15.7 Å². The fourth-order valence-corrected chi connectivity index (χ4v) is 2.37. The lowest BCUT2D eigenvalue weighted by Gasteiger charge is -2.19. The summed E-state index contributed by atoms with van der Waals surface area (Å²) in [7, 11) is 0. The van der Waals surface area contributed by atoms with Gasteiger partial charge in [-0.3, -0.25) is 5.10 Å². The van der Waals surface area contributed by atoms with Crippen LogP contribution in [0.4, 0.5) is 5.82 Å². The van der Waals surface area contributed by atoms with Crippen molar-refractivity contribution in [3.8, 4) is 11.3 Å². The molecule has 3 rings (SSSR count). The minimum atomic E-state index is 0.00518. The SMILES string of the molecule is CC(C)(C)Nc1cc(-c2cccc3ccccc23)[nH]n1. The van der Waals surface area contributed by atoms with Crippen LogP contribution in [0.15, 0.2) is 48.5 Å². The highest BCUT2D eigenvalue weighted by molar-refractivity contribution is 5.96. The highest BCUT2D eigenvalue weighted by atomic mass is 15.2. The van der Waals surface area contributed by atoms with Crippen molar-refractivity contribution in [1.82, 2.24) is 10.2 Å². The van der Waals surface area contributed by atoms with Crippen molar-refractivity contribution in [2.75, 3.05) is 5.32 Å². The van der Waals surface area contributed by atoms with Crippen LogP contribution in [0.5, 0.6) is 0 Å². The predicted molar refractivity (Wildman–Crippen MR) is 84.9 cm³/mol. The third-order valence-electron chi connectivity index (χ3n) is 3.16. The Morgan fingerprint density at radius 3 is 2.55 bits per heavy atom. The fourth-order valence-electron chi connectivity index (χ4n) is 2.37. The summed E-state index contributed by atoms with van der Waals surface area (Å²) in [5.41, 5.74) is 2.22. The minimum absolute atomic E-state index is 0.00518. The molecule has 0 aliphatic heterocycles. The highest BCUT2D eigenvalue weighted by Gasteiger charge is 2.12. The molecule has 0 saturated carbocycles. The van der Waals surface area contributed by atoms with Gasteiger partial charge < -0.3 is 5.32 Å². The van der Waals surface area contributed by atoms with Gasteiger partial charge in [0.15, 0.2) is 0 Å². The maximum atomic E-state index is 4.35. The van der Waals surface area contributed by atoms with E-state index in [4.69, 9.17) is 0 Å². The lowest BCUT2D eigenvalue weighted by Crippen LogP contribution is -2.26. The molecule has 0 amide bonds. The summed E-state index contributed by atoms with van der Waals surface area (Å²) in [6.07, 6.45) is 0. The number of benzene rings is 2. The van der Waals surface area contributed by atoms with E-state index in [1.165, 1.54) is 16.3 Å². The molecule has 0 spiro atoms. The molecule has 102 valence electrons. The molecule has 3 heteroatoms. The Morgan fingerprint density at radius 1 is 1.00 bits per heavy atom. The van der Waals surface area contributed by atoms with Gasteiger partial charge in [0.05, 0.1) is 5.69 Å². The second kappa shape index (κ2) is 4.67. The Bertz CT molecular complexity index is 730. The highest BCUT2D eigenvalue weighted by Crippen LogP contribution is 2.28. The molecule has 2 aromatic carbocycles. The van der Waals surface area contributed by atoms with Crippen molar-refractivity contribution in [3.05, 3.63) is 48.5 Å². The van der Waals surface area contributed by atoms with Crippen LogP contribution < -0.4 is 5.32 Å². The monoisotopic (exact) mass is 265 g/mol. The molecule has 0 saturated heterocycles. The van der Waals surface area contributed by atoms with Gasteiger partial charge in [0.25, 0.3) is 0 Å². The number of hydrogen-bond acceptors (Lipinski definition) is 2. The molecular formula is C17H19N3. The molecule has 0 radical (unpaired) electrons. The lowest BCUT2D eigenvalue weighted by atomic mass is 10.0. The first kappa shape index (κ1) is 12.7. The topological polar surface area (TPSA) is 40.7 Å². The van der Waals surface area contributed by atoms with Crippen molar-refractivity contribution in [1.29, 1.82) is 0 Å². The summed E-state index contributed by atoms with van der Waals surface area (Å²) in [6, 6.07) is 16.8. The maximum absolute atomic E-state index is 4.35. The average molecular weight is 265 g/mol. The summed E-state index contributed by atoms with van der Waals surface area (Å²) >= 11 is 0. The molecule has 1 aromatic heterocycles. The van der Waals surface area contributed by atoms with E-state index in [0.717, 1.165) is 11.5 Å². The van der Waals surface area contributed by atoms with E-state index >= 15 is 0 Å². The summed E-state index contributed by atoms with van der Waals surface area (Å²) in [4.78, 5) is 0. The largest absolute Gasteiger partial charge is 0.364 e. The predicted octanol–water partition coefficient (Wildman–Crippen LogP) is 4.44. The van der Waals surface area contributed by atoms with Crippen molar-refractivity contribution in [3.63, 3.8) is 0 Å². The first-order valence-corrected chi connectivity index (χ1v) is 6.85. The molecule has 1 heterocycles. The normalized spacial score (nSPS) is 11.8. The molecule has 0 fully saturated rings. The van der Waals surface area contributed by atoms with E-state index in [9.17, 15) is 0 Å². The Kier molecular flexibility index (Phi) is 2.97. The number of fused-ring (bicyclic) bond motifs is 1. The number of aromatic nitrogens is 2. The number of H-pyrrole nitrogens is 1. The van der Waals surface area contributed by atoms with Crippen LogP contribution in [0.3, 0.4) is 0 Å². The number of rotatable bonds is 2. The molecule has 0 aliphatic carbocycles. The summed E-state index contributed by atoms with van der Waals surface area (Å²) in [5.74, 6) is 0.875. The molecule has 0 aliphatic rings. The minimum Gasteiger partial charge on any atom is -0.364 e. The Labute approximate surface area is 119 Å². The Hall–Kier alpha value is -2.29. The molecule has 0 atom stereocenters. The van der Waals surface area contributed by atoms with Crippen molar-refractivity contribution < 1.29 is 0 Å². The molecule has 0 unspecified atom stereocenters. The van der Waals surface area contributed by atoms with Gasteiger partial charge in [0.2, 0.25) is 0 Å². The summed E-state index contributed by atoms with van der Waals surface area (Å²) in [6.45, 7) is 6.37. The molecule has 0 bridgehead atoms. The van der Waals surface area contributed by atoms with Gasteiger partial charge in [-0.15, -0.1) is 0 Å². The van der Waals surface area contributed by atoms with Crippen LogP contribution in [-0.2, 0) is 0 Å². The van der Waals surface area contributed by atoms with Gasteiger partial charge in [-0.25, -0.2) is 0 Å².